The molecule has 0 bridgehead atoms. The van der Waals surface area contributed by atoms with Gasteiger partial charge < -0.3 is 10.2 Å². The number of non-ortho nitro benzene ring substituents is 1. The number of carbonyl (C=O) groups is 1. The zero-order valence-corrected chi connectivity index (χ0v) is 14.7. The SMILES string of the molecule is CN(CC(=O)N1CCNCC1)S(=O)(=O)c1ccc([N+](=O)[O-])cc1.Cl. The molecule has 2 rings (SSSR count). The minimum Gasteiger partial charge on any atom is -0.339 e. The quantitative estimate of drug-likeness (QED) is 0.573. The van der Waals surface area contributed by atoms with Crippen molar-refractivity contribution in [2.24, 2.45) is 0 Å². The first kappa shape index (κ1) is 20.3. The van der Waals surface area contributed by atoms with Crippen LogP contribution in [0.2, 0.25) is 0 Å². The second kappa shape index (κ2) is 8.38. The standard InChI is InChI=1S/C13H18N4O5S.ClH/c1-15(10-13(18)16-8-6-14-7-9-16)23(21,22)12-4-2-11(3-5-12)17(19)20;/h2-5,14H,6-10H2,1H3;1H. The summed E-state index contributed by atoms with van der Waals surface area (Å²) in [5.74, 6) is -0.264. The van der Waals surface area contributed by atoms with Gasteiger partial charge in [0.05, 0.1) is 16.4 Å². The van der Waals surface area contributed by atoms with Gasteiger partial charge in [-0.15, -0.1) is 12.4 Å². The number of carbonyl (C=O) groups excluding carboxylic acids is 1. The number of likely N-dealkylation sites (N-methyl/N-ethyl adjacent to an activating group) is 1. The first-order chi connectivity index (χ1) is 10.8. The molecule has 9 nitrogen and oxygen atoms in total. The highest BCUT2D eigenvalue weighted by molar-refractivity contribution is 7.89. The van der Waals surface area contributed by atoms with Gasteiger partial charge >= 0.3 is 0 Å². The third-order valence-corrected chi connectivity index (χ3v) is 5.40. The van der Waals surface area contributed by atoms with Gasteiger partial charge in [-0.05, 0) is 12.1 Å². The molecule has 1 aromatic rings. The maximum atomic E-state index is 12.4. The van der Waals surface area contributed by atoms with E-state index in [1.54, 1.807) is 4.90 Å². The molecule has 24 heavy (non-hydrogen) atoms. The molecule has 1 aliphatic heterocycles. The van der Waals surface area contributed by atoms with Gasteiger partial charge in [0.25, 0.3) is 5.69 Å². The van der Waals surface area contributed by atoms with E-state index in [0.29, 0.717) is 26.2 Å². The molecule has 0 radical (unpaired) electrons. The second-order valence-electron chi connectivity index (χ2n) is 5.14. The number of piperazine rings is 1. The number of hydrogen-bond donors (Lipinski definition) is 1. The van der Waals surface area contributed by atoms with E-state index in [1.165, 1.54) is 19.2 Å². The lowest BCUT2D eigenvalue weighted by atomic mass is 10.3. The molecule has 1 N–H and O–H groups in total. The third kappa shape index (κ3) is 4.63. The van der Waals surface area contributed by atoms with Crippen molar-refractivity contribution in [3.63, 3.8) is 0 Å². The van der Waals surface area contributed by atoms with Crippen molar-refractivity contribution in [2.45, 2.75) is 4.90 Å². The second-order valence-corrected chi connectivity index (χ2v) is 7.19. The lowest BCUT2D eigenvalue weighted by Gasteiger charge is -2.29. The van der Waals surface area contributed by atoms with Crippen molar-refractivity contribution in [2.75, 3.05) is 39.8 Å². The number of nitro groups is 1. The molecule has 1 amide bonds. The highest BCUT2D eigenvalue weighted by Crippen LogP contribution is 2.18. The number of nitro benzene ring substituents is 1. The van der Waals surface area contributed by atoms with Crippen LogP contribution in [0.15, 0.2) is 29.2 Å². The van der Waals surface area contributed by atoms with Crippen LogP contribution in [0.5, 0.6) is 0 Å². The van der Waals surface area contributed by atoms with Gasteiger partial charge in [0.2, 0.25) is 15.9 Å². The van der Waals surface area contributed by atoms with Crippen molar-refractivity contribution < 1.29 is 18.1 Å². The van der Waals surface area contributed by atoms with Gasteiger partial charge in [0.1, 0.15) is 0 Å². The van der Waals surface area contributed by atoms with Gasteiger partial charge in [-0.25, -0.2) is 8.42 Å². The van der Waals surface area contributed by atoms with Gasteiger partial charge in [-0.2, -0.15) is 4.31 Å². The summed E-state index contributed by atoms with van der Waals surface area (Å²) in [6.45, 7) is 2.20. The molecule has 0 unspecified atom stereocenters. The van der Waals surface area contributed by atoms with Gasteiger partial charge in [0.15, 0.2) is 0 Å². The molecule has 0 aliphatic carbocycles. The number of benzene rings is 1. The van der Waals surface area contributed by atoms with Crippen molar-refractivity contribution in [1.82, 2.24) is 14.5 Å². The summed E-state index contributed by atoms with van der Waals surface area (Å²) in [6, 6.07) is 4.58. The zero-order valence-electron chi connectivity index (χ0n) is 13.0. The molecule has 11 heteroatoms. The molecule has 1 aliphatic rings. The molecule has 0 saturated carbocycles. The fourth-order valence-corrected chi connectivity index (χ4v) is 3.33. The number of amides is 1. The zero-order chi connectivity index (χ0) is 17.0. The van der Waals surface area contributed by atoms with Crippen molar-refractivity contribution in [3.8, 4) is 0 Å². The van der Waals surface area contributed by atoms with Gasteiger partial charge in [-0.1, -0.05) is 0 Å². The Morgan fingerprint density at radius 2 is 1.83 bits per heavy atom. The van der Waals surface area contributed by atoms with Crippen LogP contribution in [0, 0.1) is 10.1 Å². The van der Waals surface area contributed by atoms with E-state index in [4.69, 9.17) is 0 Å². The van der Waals surface area contributed by atoms with Crippen molar-refractivity contribution >= 4 is 34.0 Å². The number of nitrogens with zero attached hydrogens (tertiary/aromatic N) is 3. The minimum absolute atomic E-state index is 0. The molecule has 1 fully saturated rings. The van der Waals surface area contributed by atoms with E-state index in [9.17, 15) is 23.3 Å². The molecule has 1 saturated heterocycles. The van der Waals surface area contributed by atoms with Crippen LogP contribution in [0.4, 0.5) is 5.69 Å². The Bertz CT molecular complexity index is 689. The maximum Gasteiger partial charge on any atom is 0.269 e. The summed E-state index contributed by atoms with van der Waals surface area (Å²) in [4.78, 5) is 23.7. The molecule has 1 heterocycles. The number of halogens is 1. The molecule has 0 aromatic heterocycles. The van der Waals surface area contributed by atoms with Crippen LogP contribution in [0.1, 0.15) is 0 Å². The average Bonchev–Trinajstić information content (AvgIpc) is 2.55. The summed E-state index contributed by atoms with van der Waals surface area (Å²) < 4.78 is 25.8. The van der Waals surface area contributed by atoms with E-state index >= 15 is 0 Å². The fraction of sp³-hybridized carbons (Fsp3) is 0.462. The summed E-state index contributed by atoms with van der Waals surface area (Å²) in [7, 11) is -2.55. The highest BCUT2D eigenvalue weighted by Gasteiger charge is 2.26. The van der Waals surface area contributed by atoms with Crippen LogP contribution < -0.4 is 5.32 Å². The summed E-state index contributed by atoms with van der Waals surface area (Å²) in [5.41, 5.74) is -0.191. The predicted octanol–water partition coefficient (Wildman–Crippen LogP) is 0.0689. The Kier molecular flexibility index (Phi) is 7.08. The molecule has 0 spiro atoms. The number of sulfonamides is 1. The monoisotopic (exact) mass is 378 g/mol. The summed E-state index contributed by atoms with van der Waals surface area (Å²) in [5, 5.41) is 13.7. The first-order valence-electron chi connectivity index (χ1n) is 7.01. The largest absolute Gasteiger partial charge is 0.339 e. The van der Waals surface area contributed by atoms with Crippen molar-refractivity contribution in [1.29, 1.82) is 0 Å². The van der Waals surface area contributed by atoms with E-state index in [-0.39, 0.29) is 35.4 Å². The molecule has 134 valence electrons. The Morgan fingerprint density at radius 1 is 1.29 bits per heavy atom. The van der Waals surface area contributed by atoms with Gasteiger partial charge in [0, 0.05) is 45.4 Å². The Hall–Kier alpha value is -1.75. The molecular weight excluding hydrogens is 360 g/mol. The predicted molar refractivity (Wildman–Crippen MR) is 89.6 cm³/mol. The van der Waals surface area contributed by atoms with Crippen molar-refractivity contribution in [3.05, 3.63) is 34.4 Å². The maximum absolute atomic E-state index is 12.4. The van der Waals surface area contributed by atoms with Gasteiger partial charge in [-0.3, -0.25) is 14.9 Å². The van der Waals surface area contributed by atoms with Crippen LogP contribution in [0.3, 0.4) is 0 Å². The normalized spacial score (nSPS) is 15.0. The highest BCUT2D eigenvalue weighted by atomic mass is 35.5. The van der Waals surface area contributed by atoms with Crippen LogP contribution in [-0.4, -0.2) is 68.2 Å². The van der Waals surface area contributed by atoms with E-state index in [0.717, 1.165) is 16.4 Å². The van der Waals surface area contributed by atoms with Crippen LogP contribution in [-0.2, 0) is 14.8 Å². The third-order valence-electron chi connectivity index (χ3n) is 3.58. The Morgan fingerprint density at radius 3 is 2.33 bits per heavy atom. The first-order valence-corrected chi connectivity index (χ1v) is 8.45. The Balaban J connectivity index is 0.00000288. The van der Waals surface area contributed by atoms with Crippen LogP contribution in [0.25, 0.3) is 0 Å². The fourth-order valence-electron chi connectivity index (χ4n) is 2.21. The minimum atomic E-state index is -3.87. The Labute approximate surface area is 146 Å². The number of nitrogens with one attached hydrogen (secondary N) is 1. The number of hydrogen-bond acceptors (Lipinski definition) is 6. The lowest BCUT2D eigenvalue weighted by Crippen LogP contribution is -2.49. The smallest absolute Gasteiger partial charge is 0.269 e. The van der Waals surface area contributed by atoms with E-state index in [2.05, 4.69) is 5.32 Å². The molecule has 1 aromatic carbocycles. The van der Waals surface area contributed by atoms with E-state index in [1.807, 2.05) is 0 Å². The molecule has 0 atom stereocenters. The molecular formula is C13H19ClN4O5S. The van der Waals surface area contributed by atoms with Crippen LogP contribution >= 0.6 is 12.4 Å². The van der Waals surface area contributed by atoms with E-state index < -0.39 is 14.9 Å². The summed E-state index contributed by atoms with van der Waals surface area (Å²) in [6.07, 6.45) is 0. The summed E-state index contributed by atoms with van der Waals surface area (Å²) >= 11 is 0. The average molecular weight is 379 g/mol. The lowest BCUT2D eigenvalue weighted by molar-refractivity contribution is -0.384. The number of rotatable bonds is 5. The topological polar surface area (TPSA) is 113 Å².